The molecule has 0 radical (unpaired) electrons. The lowest BCUT2D eigenvalue weighted by molar-refractivity contribution is -0.119. The van der Waals surface area contributed by atoms with Gasteiger partial charge in [-0.15, -0.1) is 0 Å². The minimum absolute atomic E-state index is 0.0463. The maximum absolute atomic E-state index is 10.5. The summed E-state index contributed by atoms with van der Waals surface area (Å²) in [6, 6.07) is -0.150. The van der Waals surface area contributed by atoms with Crippen LogP contribution in [0.5, 0.6) is 0 Å². The molecule has 44 valence electrons. The van der Waals surface area contributed by atoms with Crippen molar-refractivity contribution >= 4 is 23.2 Å². The Morgan fingerprint density at radius 2 is 2.38 bits per heavy atom. The normalized spacial score (nSPS) is 27.4. The van der Waals surface area contributed by atoms with Crippen molar-refractivity contribution in [3.05, 3.63) is 0 Å². The fraction of sp³-hybridized carbons (Fsp3) is 0.500. The second kappa shape index (κ2) is 1.70. The zero-order valence-corrected chi connectivity index (χ0v) is 5.21. The molecular formula is C4H6N2OS. The smallest absolute Gasteiger partial charge is 0.248 e. The highest BCUT2D eigenvalue weighted by Gasteiger charge is 2.21. The molecule has 0 aliphatic carbocycles. The first-order chi connectivity index (χ1) is 3.70. The predicted molar refractivity (Wildman–Crippen MR) is 33.3 cm³/mol. The van der Waals surface area contributed by atoms with Crippen molar-refractivity contribution in [2.45, 2.75) is 13.0 Å². The average Bonchev–Trinajstić information content (AvgIpc) is 1.85. The minimum atomic E-state index is -0.150. The first-order valence-electron chi connectivity index (χ1n) is 2.31. The molecule has 1 amide bonds. The van der Waals surface area contributed by atoms with E-state index in [4.69, 9.17) is 0 Å². The van der Waals surface area contributed by atoms with Crippen LogP contribution in [0.1, 0.15) is 6.92 Å². The van der Waals surface area contributed by atoms with E-state index in [0.29, 0.717) is 5.11 Å². The number of hydrogen-bond donors (Lipinski definition) is 2. The maximum atomic E-state index is 10.5. The Morgan fingerprint density at radius 3 is 2.50 bits per heavy atom. The highest BCUT2D eigenvalue weighted by Crippen LogP contribution is 1.88. The zero-order valence-electron chi connectivity index (χ0n) is 4.39. The summed E-state index contributed by atoms with van der Waals surface area (Å²) in [6.45, 7) is 1.76. The van der Waals surface area contributed by atoms with Gasteiger partial charge in [0, 0.05) is 0 Å². The van der Waals surface area contributed by atoms with Crippen LogP contribution in [-0.4, -0.2) is 17.1 Å². The molecule has 3 nitrogen and oxygen atoms in total. The van der Waals surface area contributed by atoms with Crippen LogP contribution >= 0.6 is 12.2 Å². The molecule has 0 aromatic carbocycles. The second-order valence-electron chi connectivity index (χ2n) is 1.68. The Morgan fingerprint density at radius 1 is 1.75 bits per heavy atom. The molecule has 1 fully saturated rings. The lowest BCUT2D eigenvalue weighted by Gasteiger charge is -1.93. The molecule has 0 spiro atoms. The van der Waals surface area contributed by atoms with Gasteiger partial charge in [-0.25, -0.2) is 0 Å². The maximum Gasteiger partial charge on any atom is 0.248 e. The zero-order chi connectivity index (χ0) is 6.15. The van der Waals surface area contributed by atoms with Gasteiger partial charge in [0.1, 0.15) is 6.04 Å². The van der Waals surface area contributed by atoms with Gasteiger partial charge in [0.05, 0.1) is 0 Å². The number of nitrogens with one attached hydrogen (secondary N) is 2. The van der Waals surface area contributed by atoms with Crippen molar-refractivity contribution in [1.82, 2.24) is 10.6 Å². The van der Waals surface area contributed by atoms with Crippen LogP contribution < -0.4 is 10.6 Å². The molecule has 1 aliphatic rings. The number of carbonyl (C=O) groups excluding carboxylic acids is 1. The first-order valence-corrected chi connectivity index (χ1v) is 2.72. The fourth-order valence-electron chi connectivity index (χ4n) is 0.518. The molecular weight excluding hydrogens is 124 g/mol. The van der Waals surface area contributed by atoms with E-state index < -0.39 is 0 Å². The Labute approximate surface area is 52.4 Å². The Kier molecular flexibility index (Phi) is 1.17. The summed E-state index contributed by atoms with van der Waals surface area (Å²) in [5, 5.41) is 5.62. The van der Waals surface area contributed by atoms with E-state index in [9.17, 15) is 4.79 Å². The molecule has 2 N–H and O–H groups in total. The van der Waals surface area contributed by atoms with Crippen LogP contribution in [0.3, 0.4) is 0 Å². The van der Waals surface area contributed by atoms with Gasteiger partial charge in [0.15, 0.2) is 5.11 Å². The van der Waals surface area contributed by atoms with Crippen molar-refractivity contribution in [3.8, 4) is 0 Å². The van der Waals surface area contributed by atoms with Crippen LogP contribution in [0.25, 0.3) is 0 Å². The molecule has 0 unspecified atom stereocenters. The molecule has 1 atom stereocenters. The van der Waals surface area contributed by atoms with Crippen molar-refractivity contribution in [3.63, 3.8) is 0 Å². The van der Waals surface area contributed by atoms with Crippen LogP contribution in [-0.2, 0) is 4.79 Å². The molecule has 0 aromatic heterocycles. The number of hydrogen-bond acceptors (Lipinski definition) is 2. The number of carbonyl (C=O) groups is 1. The van der Waals surface area contributed by atoms with E-state index >= 15 is 0 Å². The van der Waals surface area contributed by atoms with E-state index in [1.807, 2.05) is 0 Å². The van der Waals surface area contributed by atoms with Gasteiger partial charge in [0.25, 0.3) is 0 Å². The van der Waals surface area contributed by atoms with Gasteiger partial charge >= 0.3 is 0 Å². The van der Waals surface area contributed by atoms with E-state index in [2.05, 4.69) is 22.9 Å². The molecule has 1 rings (SSSR count). The summed E-state index contributed by atoms with van der Waals surface area (Å²) < 4.78 is 0. The molecule has 1 heterocycles. The van der Waals surface area contributed by atoms with Gasteiger partial charge in [0.2, 0.25) is 5.91 Å². The Bertz CT molecular complexity index is 145. The van der Waals surface area contributed by atoms with Crippen molar-refractivity contribution < 1.29 is 4.79 Å². The molecule has 1 saturated heterocycles. The third kappa shape index (κ3) is 0.790. The van der Waals surface area contributed by atoms with Crippen LogP contribution in [0.2, 0.25) is 0 Å². The SMILES string of the molecule is C[C@@H]1NC(=S)NC1=O. The Balaban J connectivity index is 2.64. The van der Waals surface area contributed by atoms with E-state index in [0.717, 1.165) is 0 Å². The third-order valence-electron chi connectivity index (χ3n) is 0.978. The van der Waals surface area contributed by atoms with Gasteiger partial charge in [-0.1, -0.05) is 0 Å². The third-order valence-corrected chi connectivity index (χ3v) is 1.20. The lowest BCUT2D eigenvalue weighted by atomic mass is 10.4. The van der Waals surface area contributed by atoms with Crippen molar-refractivity contribution in [2.75, 3.05) is 0 Å². The van der Waals surface area contributed by atoms with E-state index in [1.165, 1.54) is 0 Å². The lowest BCUT2D eigenvalue weighted by Crippen LogP contribution is -2.24. The summed E-state index contributed by atoms with van der Waals surface area (Å²) in [4.78, 5) is 10.5. The average molecular weight is 130 g/mol. The summed E-state index contributed by atoms with van der Waals surface area (Å²) in [7, 11) is 0. The molecule has 4 heteroatoms. The van der Waals surface area contributed by atoms with Crippen LogP contribution in [0.4, 0.5) is 0 Å². The quantitative estimate of drug-likeness (QED) is 0.429. The summed E-state index contributed by atoms with van der Waals surface area (Å²) in [6.07, 6.45) is 0. The Hall–Kier alpha value is -0.640. The standard InChI is InChI=1S/C4H6N2OS/c1-2-3(7)6-4(8)5-2/h2H,1H3,(H2,5,6,7,8)/t2-/m0/s1. The van der Waals surface area contributed by atoms with Gasteiger partial charge in [-0.3, -0.25) is 4.79 Å². The largest absolute Gasteiger partial charge is 0.351 e. The van der Waals surface area contributed by atoms with Gasteiger partial charge in [-0.05, 0) is 19.1 Å². The summed E-state index contributed by atoms with van der Waals surface area (Å²) in [5.74, 6) is -0.0463. The minimum Gasteiger partial charge on any atom is -0.351 e. The molecule has 1 aliphatic heterocycles. The monoisotopic (exact) mass is 130 g/mol. The molecule has 8 heavy (non-hydrogen) atoms. The molecule has 0 bridgehead atoms. The van der Waals surface area contributed by atoms with E-state index in [1.54, 1.807) is 6.92 Å². The van der Waals surface area contributed by atoms with Crippen LogP contribution in [0.15, 0.2) is 0 Å². The predicted octanol–water partition coefficient (Wildman–Crippen LogP) is -0.621. The summed E-state index contributed by atoms with van der Waals surface area (Å²) in [5.41, 5.74) is 0. The second-order valence-corrected chi connectivity index (χ2v) is 2.09. The topological polar surface area (TPSA) is 41.1 Å². The molecule has 0 aromatic rings. The highest BCUT2D eigenvalue weighted by atomic mass is 32.1. The van der Waals surface area contributed by atoms with Gasteiger partial charge in [-0.2, -0.15) is 0 Å². The molecule has 0 saturated carbocycles. The number of rotatable bonds is 0. The number of amides is 1. The highest BCUT2D eigenvalue weighted by molar-refractivity contribution is 7.80. The van der Waals surface area contributed by atoms with Crippen LogP contribution in [0, 0.1) is 0 Å². The van der Waals surface area contributed by atoms with Crippen molar-refractivity contribution in [2.24, 2.45) is 0 Å². The van der Waals surface area contributed by atoms with Crippen molar-refractivity contribution in [1.29, 1.82) is 0 Å². The first kappa shape index (κ1) is 5.50. The number of thiocarbonyl (C=S) groups is 1. The van der Waals surface area contributed by atoms with E-state index in [-0.39, 0.29) is 11.9 Å². The fourth-order valence-corrected chi connectivity index (χ4v) is 0.796. The summed E-state index contributed by atoms with van der Waals surface area (Å²) >= 11 is 4.63. The van der Waals surface area contributed by atoms with Gasteiger partial charge < -0.3 is 10.6 Å².